The van der Waals surface area contributed by atoms with E-state index in [1.807, 2.05) is 31.2 Å². The van der Waals surface area contributed by atoms with Gasteiger partial charge in [-0.3, -0.25) is 13.9 Å². The Kier molecular flexibility index (Phi) is 8.77. The number of likely N-dealkylation sites (N-methyl/N-ethyl adjacent to an activating group) is 1. The van der Waals surface area contributed by atoms with Gasteiger partial charge in [-0.25, -0.2) is 12.8 Å². The third-order valence-electron chi connectivity index (χ3n) is 4.97. The Bertz CT molecular complexity index is 1060. The maximum absolute atomic E-state index is 14.4. The van der Waals surface area contributed by atoms with Crippen molar-refractivity contribution in [2.75, 3.05) is 23.7 Å². The van der Waals surface area contributed by atoms with Gasteiger partial charge >= 0.3 is 0 Å². The fraction of sp³-hybridized carbons (Fsp3) is 0.391. The summed E-state index contributed by atoms with van der Waals surface area (Å²) in [4.78, 5) is 27.4. The maximum Gasteiger partial charge on any atom is 0.244 e. The Morgan fingerprint density at radius 3 is 2.34 bits per heavy atom. The summed E-state index contributed by atoms with van der Waals surface area (Å²) < 4.78 is 40.0. The molecule has 0 bridgehead atoms. The Morgan fingerprint density at radius 1 is 1.09 bits per heavy atom. The first kappa shape index (κ1) is 25.3. The van der Waals surface area contributed by atoms with Gasteiger partial charge in [0, 0.05) is 13.1 Å². The Balaban J connectivity index is 2.45. The minimum atomic E-state index is -3.97. The largest absolute Gasteiger partial charge is 0.355 e. The lowest BCUT2D eigenvalue weighted by Gasteiger charge is -2.33. The van der Waals surface area contributed by atoms with Crippen LogP contribution in [0, 0.1) is 12.7 Å². The molecule has 0 saturated carbocycles. The van der Waals surface area contributed by atoms with Crippen molar-refractivity contribution in [3.63, 3.8) is 0 Å². The molecular formula is C23H30FN3O4S. The van der Waals surface area contributed by atoms with Crippen LogP contribution < -0.4 is 9.62 Å². The van der Waals surface area contributed by atoms with Crippen molar-refractivity contribution in [1.29, 1.82) is 0 Å². The summed E-state index contributed by atoms with van der Waals surface area (Å²) in [6.45, 7) is 5.36. The lowest BCUT2D eigenvalue weighted by molar-refractivity contribution is -0.140. The van der Waals surface area contributed by atoms with Crippen molar-refractivity contribution in [3.05, 3.63) is 65.5 Å². The number of hydrogen-bond donors (Lipinski definition) is 1. The molecule has 0 aromatic heterocycles. The van der Waals surface area contributed by atoms with Crippen LogP contribution in [0.5, 0.6) is 0 Å². The second kappa shape index (κ2) is 11.1. The van der Waals surface area contributed by atoms with E-state index in [1.165, 1.54) is 23.1 Å². The molecule has 0 aliphatic rings. The SMILES string of the molecule is CCNC(=O)C(CC)N(Cc1cccc(C)c1)C(=O)CN(c1ccccc1F)S(C)(=O)=O. The van der Waals surface area contributed by atoms with E-state index in [0.29, 0.717) is 13.0 Å². The molecule has 0 aliphatic carbocycles. The van der Waals surface area contributed by atoms with E-state index in [4.69, 9.17) is 0 Å². The number of halogens is 1. The first-order valence-corrected chi connectivity index (χ1v) is 12.3. The molecule has 2 rings (SSSR count). The van der Waals surface area contributed by atoms with Crippen LogP contribution in [0.25, 0.3) is 0 Å². The van der Waals surface area contributed by atoms with E-state index < -0.39 is 34.3 Å². The van der Waals surface area contributed by atoms with Crippen LogP contribution in [0.2, 0.25) is 0 Å². The molecule has 1 atom stereocenters. The number of aryl methyl sites for hydroxylation is 1. The number of nitrogens with one attached hydrogen (secondary N) is 1. The van der Waals surface area contributed by atoms with Crippen LogP contribution in [0.15, 0.2) is 48.5 Å². The summed E-state index contributed by atoms with van der Waals surface area (Å²) in [7, 11) is -3.97. The second-order valence-electron chi connectivity index (χ2n) is 7.55. The third-order valence-corrected chi connectivity index (χ3v) is 6.10. The molecule has 0 fully saturated rings. The summed E-state index contributed by atoms with van der Waals surface area (Å²) in [5, 5.41) is 2.73. The highest BCUT2D eigenvalue weighted by Crippen LogP contribution is 2.22. The van der Waals surface area contributed by atoms with Crippen LogP contribution in [-0.4, -0.2) is 50.5 Å². The van der Waals surface area contributed by atoms with Crippen LogP contribution in [-0.2, 0) is 26.2 Å². The van der Waals surface area contributed by atoms with Gasteiger partial charge in [0.1, 0.15) is 18.4 Å². The van der Waals surface area contributed by atoms with Crippen molar-refractivity contribution in [2.45, 2.75) is 39.8 Å². The summed E-state index contributed by atoms with van der Waals surface area (Å²) >= 11 is 0. The van der Waals surface area contributed by atoms with Crippen molar-refractivity contribution in [3.8, 4) is 0 Å². The quantitative estimate of drug-likeness (QED) is 0.587. The highest BCUT2D eigenvalue weighted by molar-refractivity contribution is 7.92. The number of hydrogen-bond acceptors (Lipinski definition) is 4. The topological polar surface area (TPSA) is 86.8 Å². The van der Waals surface area contributed by atoms with Crippen LogP contribution >= 0.6 is 0 Å². The minimum Gasteiger partial charge on any atom is -0.355 e. The number of anilines is 1. The predicted octanol–water partition coefficient (Wildman–Crippen LogP) is 2.84. The normalized spacial score (nSPS) is 12.2. The van der Waals surface area contributed by atoms with Gasteiger partial charge in [0.25, 0.3) is 0 Å². The van der Waals surface area contributed by atoms with E-state index in [9.17, 15) is 22.4 Å². The molecule has 0 spiro atoms. The highest BCUT2D eigenvalue weighted by Gasteiger charge is 2.32. The number of benzene rings is 2. The first-order valence-electron chi connectivity index (χ1n) is 10.4. The molecule has 0 saturated heterocycles. The Morgan fingerprint density at radius 2 is 1.78 bits per heavy atom. The molecule has 9 heteroatoms. The standard InChI is InChI=1S/C23H30FN3O4S/c1-5-20(23(29)25-6-2)26(15-18-11-9-10-17(3)14-18)22(28)16-27(32(4,30)31)21-13-8-7-12-19(21)24/h7-14,20H,5-6,15-16H2,1-4H3,(H,25,29). The minimum absolute atomic E-state index is 0.116. The maximum atomic E-state index is 14.4. The van der Waals surface area contributed by atoms with Gasteiger partial charge in [-0.15, -0.1) is 0 Å². The number of carbonyl (C=O) groups is 2. The molecule has 0 aliphatic heterocycles. The molecule has 2 amide bonds. The lowest BCUT2D eigenvalue weighted by Crippen LogP contribution is -2.52. The number of rotatable bonds is 10. The Labute approximate surface area is 189 Å². The van der Waals surface area contributed by atoms with Crippen LogP contribution in [0.1, 0.15) is 31.4 Å². The van der Waals surface area contributed by atoms with Crippen LogP contribution in [0.4, 0.5) is 10.1 Å². The summed E-state index contributed by atoms with van der Waals surface area (Å²) in [6.07, 6.45) is 1.25. The first-order chi connectivity index (χ1) is 15.1. The summed E-state index contributed by atoms with van der Waals surface area (Å²) in [5.41, 5.74) is 1.58. The van der Waals surface area contributed by atoms with Gasteiger partial charge in [-0.2, -0.15) is 0 Å². The average Bonchev–Trinajstić information content (AvgIpc) is 2.72. The zero-order valence-corrected chi connectivity index (χ0v) is 19.7. The number of sulfonamides is 1. The molecule has 0 heterocycles. The van der Waals surface area contributed by atoms with Crippen molar-refractivity contribution in [1.82, 2.24) is 10.2 Å². The summed E-state index contributed by atoms with van der Waals surface area (Å²) in [6, 6.07) is 12.1. The predicted molar refractivity (Wildman–Crippen MR) is 123 cm³/mol. The van der Waals surface area contributed by atoms with Gasteiger partial charge in [0.15, 0.2) is 0 Å². The van der Waals surface area contributed by atoms with E-state index in [1.54, 1.807) is 13.8 Å². The van der Waals surface area contributed by atoms with Crippen molar-refractivity contribution in [2.24, 2.45) is 0 Å². The molecule has 2 aromatic carbocycles. The molecule has 7 nitrogen and oxygen atoms in total. The van der Waals surface area contributed by atoms with Crippen molar-refractivity contribution >= 4 is 27.5 Å². The van der Waals surface area contributed by atoms with Gasteiger partial charge in [-0.1, -0.05) is 48.9 Å². The smallest absolute Gasteiger partial charge is 0.244 e. The molecule has 174 valence electrons. The molecular weight excluding hydrogens is 433 g/mol. The van der Waals surface area contributed by atoms with Gasteiger partial charge in [-0.05, 0) is 38.0 Å². The molecule has 1 unspecified atom stereocenters. The van der Waals surface area contributed by atoms with E-state index >= 15 is 0 Å². The number of nitrogens with zero attached hydrogens (tertiary/aromatic N) is 2. The zero-order valence-electron chi connectivity index (χ0n) is 18.8. The third kappa shape index (κ3) is 6.53. The fourth-order valence-corrected chi connectivity index (χ4v) is 4.32. The fourth-order valence-electron chi connectivity index (χ4n) is 3.47. The molecule has 32 heavy (non-hydrogen) atoms. The van der Waals surface area contributed by atoms with Gasteiger partial charge < -0.3 is 10.2 Å². The van der Waals surface area contributed by atoms with E-state index in [0.717, 1.165) is 27.8 Å². The number of para-hydroxylation sites is 1. The van der Waals surface area contributed by atoms with Gasteiger partial charge in [0.05, 0.1) is 11.9 Å². The molecule has 2 aromatic rings. The Hall–Kier alpha value is -2.94. The van der Waals surface area contributed by atoms with E-state index in [2.05, 4.69) is 5.32 Å². The molecule has 1 N–H and O–H groups in total. The van der Waals surface area contributed by atoms with E-state index in [-0.39, 0.29) is 18.1 Å². The average molecular weight is 464 g/mol. The lowest BCUT2D eigenvalue weighted by atomic mass is 10.1. The van der Waals surface area contributed by atoms with Crippen molar-refractivity contribution < 1.29 is 22.4 Å². The van der Waals surface area contributed by atoms with Gasteiger partial charge in [0.2, 0.25) is 21.8 Å². The number of amides is 2. The number of carbonyl (C=O) groups excluding carboxylic acids is 2. The highest BCUT2D eigenvalue weighted by atomic mass is 32.2. The monoisotopic (exact) mass is 463 g/mol. The van der Waals surface area contributed by atoms with Crippen LogP contribution in [0.3, 0.4) is 0 Å². The summed E-state index contributed by atoms with van der Waals surface area (Å²) in [5.74, 6) is -1.68. The molecule has 0 radical (unpaired) electrons. The second-order valence-corrected chi connectivity index (χ2v) is 9.46. The zero-order chi connectivity index (χ0) is 23.9.